The van der Waals surface area contributed by atoms with E-state index in [1.54, 1.807) is 6.92 Å². The largest absolute Gasteiger partial charge is 0.392 e. The van der Waals surface area contributed by atoms with Gasteiger partial charge in [0, 0.05) is 13.1 Å². The smallest absolute Gasteiger partial charge is 0.223 e. The number of thiocarbonyl (C=S) groups is 1. The molecule has 7 heteroatoms. The van der Waals surface area contributed by atoms with E-state index in [1.807, 2.05) is 20.8 Å². The minimum absolute atomic E-state index is 0.0365. The maximum absolute atomic E-state index is 12.5. The van der Waals surface area contributed by atoms with Crippen molar-refractivity contribution in [2.24, 2.45) is 5.73 Å². The molecular weight excluding hydrogens is 272 g/mol. The van der Waals surface area contributed by atoms with Crippen molar-refractivity contribution in [2.75, 3.05) is 13.1 Å². The first-order chi connectivity index (χ1) is 8.10. The zero-order chi connectivity index (χ0) is 14.1. The number of morpholine rings is 1. The lowest BCUT2D eigenvalue weighted by molar-refractivity contribution is -0.109. The molecule has 18 heavy (non-hydrogen) atoms. The number of rotatable bonds is 4. The second-order valence-electron chi connectivity index (χ2n) is 5.32. The zero-order valence-electron chi connectivity index (χ0n) is 11.3. The predicted molar refractivity (Wildman–Crippen MR) is 76.0 cm³/mol. The van der Waals surface area contributed by atoms with Gasteiger partial charge in [-0.1, -0.05) is 19.1 Å². The van der Waals surface area contributed by atoms with Crippen LogP contribution in [0, 0.1) is 0 Å². The maximum atomic E-state index is 12.5. The Morgan fingerprint density at radius 3 is 2.56 bits per heavy atom. The Morgan fingerprint density at radius 2 is 2.17 bits per heavy atom. The molecule has 2 N–H and O–H groups in total. The minimum Gasteiger partial charge on any atom is -0.392 e. The summed E-state index contributed by atoms with van der Waals surface area (Å²) in [5.74, 6) is 0. The van der Waals surface area contributed by atoms with Gasteiger partial charge in [0.25, 0.3) is 0 Å². The lowest BCUT2D eigenvalue weighted by Gasteiger charge is -2.41. The maximum Gasteiger partial charge on any atom is 0.223 e. The van der Waals surface area contributed by atoms with Crippen molar-refractivity contribution in [3.63, 3.8) is 0 Å². The molecule has 0 bridgehead atoms. The van der Waals surface area contributed by atoms with Gasteiger partial charge < -0.3 is 10.5 Å². The van der Waals surface area contributed by atoms with Gasteiger partial charge in [-0.3, -0.25) is 0 Å². The van der Waals surface area contributed by atoms with Crippen molar-refractivity contribution in [1.29, 1.82) is 0 Å². The lowest BCUT2D eigenvalue weighted by atomic mass is 10.1. The van der Waals surface area contributed by atoms with Crippen LogP contribution in [0.5, 0.6) is 0 Å². The zero-order valence-corrected chi connectivity index (χ0v) is 13.0. The van der Waals surface area contributed by atoms with E-state index in [2.05, 4.69) is 0 Å². The molecule has 0 saturated carbocycles. The molecule has 1 aliphatic rings. The fraction of sp³-hybridized carbons (Fsp3) is 0.909. The Hall–Kier alpha value is -0.240. The summed E-state index contributed by atoms with van der Waals surface area (Å²) in [6.07, 6.45) is 0.261. The average molecular weight is 294 g/mol. The molecule has 5 nitrogen and oxygen atoms in total. The summed E-state index contributed by atoms with van der Waals surface area (Å²) in [6, 6.07) is 0. The topological polar surface area (TPSA) is 72.6 Å². The summed E-state index contributed by atoms with van der Waals surface area (Å²) < 4.78 is 32.1. The third kappa shape index (κ3) is 3.40. The van der Waals surface area contributed by atoms with Gasteiger partial charge in [-0.05, 0) is 27.2 Å². The van der Waals surface area contributed by atoms with Crippen LogP contribution in [0.4, 0.5) is 0 Å². The number of hydrogen-bond donors (Lipinski definition) is 1. The molecule has 2 atom stereocenters. The summed E-state index contributed by atoms with van der Waals surface area (Å²) in [5, 5.41) is -0.784. The van der Waals surface area contributed by atoms with Gasteiger partial charge >= 0.3 is 0 Å². The van der Waals surface area contributed by atoms with E-state index in [1.165, 1.54) is 4.31 Å². The van der Waals surface area contributed by atoms with Crippen LogP contribution in [0.2, 0.25) is 0 Å². The standard InChI is InChI=1S/C11H22N2O3S2/c1-5-9(10(12)17)18(14,15)13-6-8(2)16-11(3,4)7-13/h8-9H,5-7H2,1-4H3,(H2,12,17). The number of sulfonamides is 1. The summed E-state index contributed by atoms with van der Waals surface area (Å²) in [5.41, 5.74) is 5.05. The summed E-state index contributed by atoms with van der Waals surface area (Å²) in [6.45, 7) is 8.09. The van der Waals surface area contributed by atoms with Crippen LogP contribution in [-0.4, -0.2) is 47.8 Å². The molecular formula is C11H22N2O3S2. The van der Waals surface area contributed by atoms with Crippen molar-refractivity contribution in [1.82, 2.24) is 4.31 Å². The van der Waals surface area contributed by atoms with Gasteiger partial charge in [-0.2, -0.15) is 4.31 Å². The van der Waals surface area contributed by atoms with Crippen LogP contribution in [-0.2, 0) is 14.8 Å². The van der Waals surface area contributed by atoms with Gasteiger partial charge in [0.15, 0.2) is 0 Å². The lowest BCUT2D eigenvalue weighted by Crippen LogP contribution is -2.56. The Morgan fingerprint density at radius 1 is 1.61 bits per heavy atom. The third-order valence-electron chi connectivity index (χ3n) is 2.95. The van der Waals surface area contributed by atoms with Crippen LogP contribution >= 0.6 is 12.2 Å². The van der Waals surface area contributed by atoms with Crippen LogP contribution in [0.15, 0.2) is 0 Å². The second-order valence-corrected chi connectivity index (χ2v) is 7.91. The minimum atomic E-state index is -3.49. The first-order valence-corrected chi connectivity index (χ1v) is 7.97. The van der Waals surface area contributed by atoms with Gasteiger partial charge in [0.05, 0.1) is 16.7 Å². The molecule has 2 unspecified atom stereocenters. The second kappa shape index (κ2) is 5.40. The van der Waals surface area contributed by atoms with Gasteiger partial charge in [0.1, 0.15) is 5.25 Å². The summed E-state index contributed by atoms with van der Waals surface area (Å²) >= 11 is 4.86. The summed E-state index contributed by atoms with van der Waals surface area (Å²) in [7, 11) is -3.49. The third-order valence-corrected chi connectivity index (χ3v) is 5.68. The quantitative estimate of drug-likeness (QED) is 0.779. The van der Waals surface area contributed by atoms with Crippen LogP contribution < -0.4 is 5.73 Å². The van der Waals surface area contributed by atoms with E-state index in [-0.39, 0.29) is 11.1 Å². The van der Waals surface area contributed by atoms with Crippen LogP contribution in [0.3, 0.4) is 0 Å². The first-order valence-electron chi connectivity index (χ1n) is 6.06. The first kappa shape index (κ1) is 15.8. The predicted octanol–water partition coefficient (Wildman–Crippen LogP) is 0.880. The van der Waals surface area contributed by atoms with Crippen molar-refractivity contribution in [2.45, 2.75) is 51.1 Å². The molecule has 0 aliphatic carbocycles. The Kier molecular flexibility index (Phi) is 4.75. The Balaban J connectivity index is 3.01. The number of hydrogen-bond acceptors (Lipinski definition) is 4. The van der Waals surface area contributed by atoms with E-state index in [9.17, 15) is 8.42 Å². The summed E-state index contributed by atoms with van der Waals surface area (Å²) in [4.78, 5) is 0.0365. The molecule has 106 valence electrons. The highest BCUT2D eigenvalue weighted by Crippen LogP contribution is 2.25. The average Bonchev–Trinajstić information content (AvgIpc) is 2.13. The van der Waals surface area contributed by atoms with Crippen molar-refractivity contribution in [3.05, 3.63) is 0 Å². The molecule has 0 amide bonds. The van der Waals surface area contributed by atoms with Gasteiger partial charge in [-0.15, -0.1) is 0 Å². The highest BCUT2D eigenvalue weighted by Gasteiger charge is 2.41. The van der Waals surface area contributed by atoms with E-state index < -0.39 is 20.9 Å². The van der Waals surface area contributed by atoms with Crippen molar-refractivity contribution in [3.8, 4) is 0 Å². The van der Waals surface area contributed by atoms with E-state index in [0.29, 0.717) is 19.5 Å². The highest BCUT2D eigenvalue weighted by atomic mass is 32.2. The molecule has 1 rings (SSSR count). The monoisotopic (exact) mass is 294 g/mol. The van der Waals surface area contributed by atoms with Gasteiger partial charge in [-0.25, -0.2) is 8.42 Å². The molecule has 0 radical (unpaired) electrons. The van der Waals surface area contributed by atoms with E-state index >= 15 is 0 Å². The van der Waals surface area contributed by atoms with E-state index in [4.69, 9.17) is 22.7 Å². The molecule has 1 saturated heterocycles. The normalized spacial score (nSPS) is 26.8. The SMILES string of the molecule is CCC(C(N)=S)S(=O)(=O)N1CC(C)OC(C)(C)C1. The number of ether oxygens (including phenoxy) is 1. The van der Waals surface area contributed by atoms with Crippen LogP contribution in [0.25, 0.3) is 0 Å². The molecule has 0 aromatic carbocycles. The van der Waals surface area contributed by atoms with Crippen molar-refractivity contribution >= 4 is 27.2 Å². The fourth-order valence-electron chi connectivity index (χ4n) is 2.33. The van der Waals surface area contributed by atoms with E-state index in [0.717, 1.165) is 0 Å². The molecule has 1 aliphatic heterocycles. The molecule has 0 aromatic rings. The number of nitrogens with zero attached hydrogens (tertiary/aromatic N) is 1. The Labute approximate surface area is 115 Å². The number of nitrogens with two attached hydrogens (primary N) is 1. The fourth-order valence-corrected chi connectivity index (χ4v) is 4.84. The molecule has 1 fully saturated rings. The van der Waals surface area contributed by atoms with Crippen molar-refractivity contribution < 1.29 is 13.2 Å². The Bertz CT molecular complexity index is 420. The highest BCUT2D eigenvalue weighted by molar-refractivity contribution is 7.92. The molecule has 0 spiro atoms. The molecule has 1 heterocycles. The van der Waals surface area contributed by atoms with Gasteiger partial charge in [0.2, 0.25) is 10.0 Å². The van der Waals surface area contributed by atoms with Crippen LogP contribution in [0.1, 0.15) is 34.1 Å². The molecule has 0 aromatic heterocycles.